The number of nitrogens with one attached hydrogen (secondary N) is 1. The summed E-state index contributed by atoms with van der Waals surface area (Å²) in [7, 11) is 0. The molecule has 32 heavy (non-hydrogen) atoms. The number of fused-ring (bicyclic) bond motifs is 1. The zero-order valence-corrected chi connectivity index (χ0v) is 20.3. The number of hydrogen-bond acceptors (Lipinski definition) is 3. The molecule has 0 aliphatic carbocycles. The van der Waals surface area contributed by atoms with Gasteiger partial charge >= 0.3 is 6.03 Å². The van der Waals surface area contributed by atoms with Crippen LogP contribution >= 0.6 is 0 Å². The van der Waals surface area contributed by atoms with Gasteiger partial charge in [-0.15, -0.1) is 0 Å². The number of carbonyl (C=O) groups excluding carboxylic acids is 2. The van der Waals surface area contributed by atoms with Crippen LogP contribution in [-0.4, -0.2) is 72.5 Å². The van der Waals surface area contributed by atoms with E-state index in [1.54, 1.807) is 0 Å². The monoisotopic (exact) mass is 440 g/mol. The highest BCUT2D eigenvalue weighted by Gasteiger charge is 2.64. The van der Waals surface area contributed by atoms with Crippen molar-refractivity contribution in [2.45, 2.75) is 53.4 Å². The number of carbonyl (C=O) groups is 2. The SMILES string of the molecule is CCc1ccccc1NC(=O)N1CCC2(CC1)CN(CC(C)C)CC21CCN(CC)C1=O. The van der Waals surface area contributed by atoms with Crippen LogP contribution in [0.4, 0.5) is 10.5 Å². The predicted molar refractivity (Wildman–Crippen MR) is 129 cm³/mol. The number of rotatable bonds is 5. The molecule has 3 saturated heterocycles. The van der Waals surface area contributed by atoms with E-state index >= 15 is 0 Å². The van der Waals surface area contributed by atoms with Crippen LogP contribution in [0.5, 0.6) is 0 Å². The number of piperidine rings is 1. The Balaban J connectivity index is 1.49. The van der Waals surface area contributed by atoms with Crippen molar-refractivity contribution in [3.63, 3.8) is 0 Å². The van der Waals surface area contributed by atoms with Crippen LogP contribution < -0.4 is 5.32 Å². The van der Waals surface area contributed by atoms with E-state index in [0.29, 0.717) is 11.8 Å². The van der Waals surface area contributed by atoms with Crippen LogP contribution in [-0.2, 0) is 11.2 Å². The first-order chi connectivity index (χ1) is 15.3. The number of amides is 3. The second kappa shape index (κ2) is 9.05. The molecule has 0 saturated carbocycles. The number of hydrogen-bond donors (Lipinski definition) is 1. The highest BCUT2D eigenvalue weighted by atomic mass is 16.2. The lowest BCUT2D eigenvalue weighted by Gasteiger charge is -2.47. The van der Waals surface area contributed by atoms with Crippen molar-refractivity contribution in [1.82, 2.24) is 14.7 Å². The summed E-state index contributed by atoms with van der Waals surface area (Å²) >= 11 is 0. The largest absolute Gasteiger partial charge is 0.342 e. The van der Waals surface area contributed by atoms with Gasteiger partial charge in [0.1, 0.15) is 0 Å². The third-order valence-corrected chi connectivity index (χ3v) is 8.19. The maximum absolute atomic E-state index is 13.6. The van der Waals surface area contributed by atoms with Gasteiger partial charge in [-0.25, -0.2) is 4.79 Å². The van der Waals surface area contributed by atoms with E-state index in [2.05, 4.69) is 48.9 Å². The lowest BCUT2D eigenvalue weighted by atomic mass is 9.60. The van der Waals surface area contributed by atoms with Gasteiger partial charge in [0.25, 0.3) is 0 Å². The summed E-state index contributed by atoms with van der Waals surface area (Å²) < 4.78 is 0. The van der Waals surface area contributed by atoms with E-state index in [9.17, 15) is 9.59 Å². The van der Waals surface area contributed by atoms with Gasteiger partial charge in [0.15, 0.2) is 0 Å². The van der Waals surface area contributed by atoms with Gasteiger partial charge in [-0.05, 0) is 50.2 Å². The molecule has 1 N–H and O–H groups in total. The Kier molecular flexibility index (Phi) is 6.53. The van der Waals surface area contributed by atoms with Gasteiger partial charge in [0.2, 0.25) is 5.91 Å². The molecule has 1 aromatic rings. The van der Waals surface area contributed by atoms with Gasteiger partial charge in [-0.3, -0.25) is 4.79 Å². The highest BCUT2D eigenvalue weighted by molar-refractivity contribution is 5.90. The fraction of sp³-hybridized carbons (Fsp3) is 0.692. The van der Waals surface area contributed by atoms with Gasteiger partial charge in [-0.2, -0.15) is 0 Å². The van der Waals surface area contributed by atoms with Crippen molar-refractivity contribution in [3.05, 3.63) is 29.8 Å². The fourth-order valence-electron chi connectivity index (χ4n) is 6.53. The summed E-state index contributed by atoms with van der Waals surface area (Å²) in [5.74, 6) is 0.950. The normalized spacial score (nSPS) is 25.5. The van der Waals surface area contributed by atoms with E-state index in [1.165, 1.54) is 0 Å². The minimum atomic E-state index is -0.269. The third kappa shape index (κ3) is 3.91. The molecule has 3 aliphatic heterocycles. The first-order valence-corrected chi connectivity index (χ1v) is 12.5. The number of para-hydroxylation sites is 1. The molecular weight excluding hydrogens is 400 g/mol. The molecule has 1 unspecified atom stereocenters. The molecule has 0 aromatic heterocycles. The minimum Gasteiger partial charge on any atom is -0.342 e. The van der Waals surface area contributed by atoms with Crippen molar-refractivity contribution in [3.8, 4) is 0 Å². The van der Waals surface area contributed by atoms with E-state index in [1.807, 2.05) is 23.1 Å². The second-order valence-corrected chi connectivity index (χ2v) is 10.5. The molecule has 6 heteroatoms. The number of urea groups is 1. The van der Waals surface area contributed by atoms with Gasteiger partial charge in [-0.1, -0.05) is 39.0 Å². The number of likely N-dealkylation sites (tertiary alicyclic amines) is 3. The highest BCUT2D eigenvalue weighted by Crippen LogP contribution is 2.57. The summed E-state index contributed by atoms with van der Waals surface area (Å²) in [5, 5.41) is 3.13. The van der Waals surface area contributed by atoms with Gasteiger partial charge in [0, 0.05) is 56.9 Å². The fourth-order valence-corrected chi connectivity index (χ4v) is 6.53. The molecule has 6 nitrogen and oxygen atoms in total. The molecule has 3 aliphatic rings. The maximum Gasteiger partial charge on any atom is 0.321 e. The zero-order chi connectivity index (χ0) is 22.9. The third-order valence-electron chi connectivity index (χ3n) is 8.19. The Bertz CT molecular complexity index is 846. The van der Waals surface area contributed by atoms with Gasteiger partial charge in [0.05, 0.1) is 5.41 Å². The molecule has 3 heterocycles. The molecule has 3 fully saturated rings. The number of nitrogens with zero attached hydrogens (tertiary/aromatic N) is 3. The molecule has 0 radical (unpaired) electrons. The average Bonchev–Trinajstić information content (AvgIpc) is 3.25. The maximum atomic E-state index is 13.6. The molecule has 2 spiro atoms. The Hall–Kier alpha value is -2.08. The molecule has 0 bridgehead atoms. The van der Waals surface area contributed by atoms with Crippen LogP contribution in [0, 0.1) is 16.7 Å². The number of benzene rings is 1. The van der Waals surface area contributed by atoms with Crippen LogP contribution in [0.15, 0.2) is 24.3 Å². The van der Waals surface area contributed by atoms with Crippen molar-refractivity contribution in [2.24, 2.45) is 16.7 Å². The van der Waals surface area contributed by atoms with Crippen LogP contribution in [0.3, 0.4) is 0 Å². The van der Waals surface area contributed by atoms with Crippen LogP contribution in [0.25, 0.3) is 0 Å². The van der Waals surface area contributed by atoms with Crippen LogP contribution in [0.2, 0.25) is 0 Å². The Labute approximate surface area is 193 Å². The lowest BCUT2D eigenvalue weighted by Crippen LogP contribution is -2.54. The standard InChI is InChI=1S/C26H40N4O2/c1-5-21-9-7-8-10-22(21)27-24(32)30-14-11-25(12-15-30)18-28(17-20(3)4)19-26(25)13-16-29(6-2)23(26)31/h7-10,20H,5-6,11-19H2,1-4H3,(H,27,32). The second-order valence-electron chi connectivity index (χ2n) is 10.5. The topological polar surface area (TPSA) is 55.9 Å². The molecular formula is C26H40N4O2. The first kappa shape index (κ1) is 23.1. The van der Waals surface area contributed by atoms with E-state index < -0.39 is 0 Å². The minimum absolute atomic E-state index is 0.0129. The first-order valence-electron chi connectivity index (χ1n) is 12.5. The summed E-state index contributed by atoms with van der Waals surface area (Å²) in [6.07, 6.45) is 3.68. The van der Waals surface area contributed by atoms with Crippen molar-refractivity contribution in [1.29, 1.82) is 0 Å². The zero-order valence-electron chi connectivity index (χ0n) is 20.3. The van der Waals surface area contributed by atoms with E-state index in [0.717, 1.165) is 82.7 Å². The lowest BCUT2D eigenvalue weighted by molar-refractivity contribution is -0.141. The van der Waals surface area contributed by atoms with Crippen molar-refractivity contribution >= 4 is 17.6 Å². The average molecular weight is 441 g/mol. The quantitative estimate of drug-likeness (QED) is 0.751. The van der Waals surface area contributed by atoms with E-state index in [4.69, 9.17) is 0 Å². The predicted octanol–water partition coefficient (Wildman–Crippen LogP) is 4.07. The van der Waals surface area contributed by atoms with E-state index in [-0.39, 0.29) is 16.9 Å². The van der Waals surface area contributed by atoms with Crippen LogP contribution in [0.1, 0.15) is 52.5 Å². The summed E-state index contributed by atoms with van der Waals surface area (Å²) in [4.78, 5) is 33.2. The van der Waals surface area contributed by atoms with Gasteiger partial charge < -0.3 is 20.0 Å². The molecule has 1 aromatic carbocycles. The molecule has 3 amide bonds. The van der Waals surface area contributed by atoms with Crippen molar-refractivity contribution in [2.75, 3.05) is 51.1 Å². The Morgan fingerprint density at radius 1 is 1.06 bits per heavy atom. The molecule has 4 rings (SSSR count). The molecule has 1 atom stereocenters. The summed E-state index contributed by atoms with van der Waals surface area (Å²) in [5.41, 5.74) is 1.78. The Morgan fingerprint density at radius 2 is 1.78 bits per heavy atom. The summed E-state index contributed by atoms with van der Waals surface area (Å²) in [6, 6.07) is 8.02. The smallest absolute Gasteiger partial charge is 0.321 e. The Morgan fingerprint density at radius 3 is 2.41 bits per heavy atom. The number of anilines is 1. The molecule has 176 valence electrons. The summed E-state index contributed by atoms with van der Waals surface area (Å²) in [6.45, 7) is 14.7. The number of aryl methyl sites for hydroxylation is 1. The van der Waals surface area contributed by atoms with Crippen molar-refractivity contribution < 1.29 is 9.59 Å².